The van der Waals surface area contributed by atoms with Gasteiger partial charge in [0.05, 0.1) is 0 Å². The van der Waals surface area contributed by atoms with Crippen LogP contribution in [0.3, 0.4) is 0 Å². The van der Waals surface area contributed by atoms with Crippen molar-refractivity contribution in [3.63, 3.8) is 0 Å². The summed E-state index contributed by atoms with van der Waals surface area (Å²) in [6, 6.07) is 0. The minimum Gasteiger partial charge on any atom is -0.316 e. The van der Waals surface area contributed by atoms with Gasteiger partial charge in [-0.1, -0.05) is 13.8 Å². The molecular formula is C14H28N2. The van der Waals surface area contributed by atoms with Crippen molar-refractivity contribution < 1.29 is 0 Å². The van der Waals surface area contributed by atoms with Crippen LogP contribution >= 0.6 is 0 Å². The molecule has 2 aliphatic heterocycles. The highest BCUT2D eigenvalue weighted by atomic mass is 15.0. The quantitative estimate of drug-likeness (QED) is 0.752. The van der Waals surface area contributed by atoms with Gasteiger partial charge in [0.1, 0.15) is 0 Å². The zero-order chi connectivity index (χ0) is 11.6. The molecule has 0 aromatic carbocycles. The fourth-order valence-corrected chi connectivity index (χ4v) is 3.30. The Morgan fingerprint density at radius 2 is 2.00 bits per heavy atom. The zero-order valence-electron chi connectivity index (χ0n) is 11.2. The van der Waals surface area contributed by atoms with Crippen molar-refractivity contribution >= 4 is 0 Å². The number of nitrogens with one attached hydrogen (secondary N) is 2. The maximum absolute atomic E-state index is 3.79. The van der Waals surface area contributed by atoms with E-state index in [0.29, 0.717) is 5.54 Å². The Balaban J connectivity index is 1.87. The van der Waals surface area contributed by atoms with E-state index in [1.165, 1.54) is 45.3 Å². The summed E-state index contributed by atoms with van der Waals surface area (Å²) in [5, 5.41) is 7.29. The number of piperidine rings is 2. The van der Waals surface area contributed by atoms with E-state index in [4.69, 9.17) is 0 Å². The molecule has 2 saturated heterocycles. The highest BCUT2D eigenvalue weighted by molar-refractivity contribution is 4.92. The van der Waals surface area contributed by atoms with Gasteiger partial charge in [0.2, 0.25) is 0 Å². The molecular weight excluding hydrogens is 196 g/mol. The Bertz CT molecular complexity index is 219. The van der Waals surface area contributed by atoms with E-state index in [1.54, 1.807) is 0 Å². The van der Waals surface area contributed by atoms with Crippen LogP contribution in [-0.2, 0) is 0 Å². The Kier molecular flexibility index (Phi) is 3.91. The lowest BCUT2D eigenvalue weighted by Crippen LogP contribution is -2.51. The van der Waals surface area contributed by atoms with E-state index in [2.05, 4.69) is 31.4 Å². The lowest BCUT2D eigenvalue weighted by Gasteiger charge is -2.42. The zero-order valence-corrected chi connectivity index (χ0v) is 11.2. The topological polar surface area (TPSA) is 24.1 Å². The van der Waals surface area contributed by atoms with Gasteiger partial charge in [-0.3, -0.25) is 0 Å². The fourth-order valence-electron chi connectivity index (χ4n) is 3.30. The van der Waals surface area contributed by atoms with E-state index >= 15 is 0 Å². The van der Waals surface area contributed by atoms with E-state index in [1.807, 2.05) is 0 Å². The van der Waals surface area contributed by atoms with Crippen molar-refractivity contribution in [2.24, 2.45) is 17.8 Å². The molecule has 0 radical (unpaired) electrons. The molecule has 0 bridgehead atoms. The Morgan fingerprint density at radius 1 is 1.19 bits per heavy atom. The first-order valence-corrected chi connectivity index (χ1v) is 7.05. The predicted octanol–water partition coefficient (Wildman–Crippen LogP) is 2.40. The van der Waals surface area contributed by atoms with Crippen LogP contribution in [0.2, 0.25) is 0 Å². The number of rotatable bonds is 2. The van der Waals surface area contributed by atoms with Crippen molar-refractivity contribution in [2.75, 3.05) is 19.6 Å². The van der Waals surface area contributed by atoms with Crippen molar-refractivity contribution in [1.29, 1.82) is 0 Å². The molecule has 2 N–H and O–H groups in total. The minimum atomic E-state index is 0.419. The third-order valence-corrected chi connectivity index (χ3v) is 4.74. The first-order chi connectivity index (χ1) is 7.59. The van der Waals surface area contributed by atoms with Crippen molar-refractivity contribution in [2.45, 2.75) is 52.0 Å². The third kappa shape index (κ3) is 2.98. The van der Waals surface area contributed by atoms with Gasteiger partial charge in [-0.05, 0) is 70.0 Å². The van der Waals surface area contributed by atoms with E-state index < -0.39 is 0 Å². The van der Waals surface area contributed by atoms with Gasteiger partial charge in [0, 0.05) is 5.54 Å². The highest BCUT2D eigenvalue weighted by Crippen LogP contribution is 2.33. The van der Waals surface area contributed by atoms with Crippen molar-refractivity contribution in [3.05, 3.63) is 0 Å². The van der Waals surface area contributed by atoms with Crippen LogP contribution in [0.1, 0.15) is 46.5 Å². The molecule has 2 aliphatic rings. The molecule has 0 aliphatic carbocycles. The molecule has 2 fully saturated rings. The molecule has 4 atom stereocenters. The Morgan fingerprint density at radius 3 is 2.62 bits per heavy atom. The largest absolute Gasteiger partial charge is 0.316 e. The van der Waals surface area contributed by atoms with E-state index in [0.717, 1.165) is 17.8 Å². The molecule has 2 heterocycles. The van der Waals surface area contributed by atoms with Crippen molar-refractivity contribution in [3.8, 4) is 0 Å². The molecule has 0 saturated carbocycles. The van der Waals surface area contributed by atoms with Crippen molar-refractivity contribution in [1.82, 2.24) is 10.6 Å². The molecule has 0 aromatic heterocycles. The average molecular weight is 224 g/mol. The van der Waals surface area contributed by atoms with Crippen LogP contribution in [-0.4, -0.2) is 25.2 Å². The van der Waals surface area contributed by atoms with Crippen LogP contribution in [0, 0.1) is 17.8 Å². The van der Waals surface area contributed by atoms with Crippen LogP contribution in [0.5, 0.6) is 0 Å². The number of hydrogen-bond acceptors (Lipinski definition) is 2. The molecule has 2 heteroatoms. The normalized spacial score (nSPS) is 45.6. The maximum Gasteiger partial charge on any atom is 0.0156 e. The van der Waals surface area contributed by atoms with E-state index in [9.17, 15) is 0 Å². The number of hydrogen-bond donors (Lipinski definition) is 2. The molecule has 0 amide bonds. The molecule has 0 aromatic rings. The lowest BCUT2D eigenvalue weighted by molar-refractivity contribution is 0.149. The summed E-state index contributed by atoms with van der Waals surface area (Å²) in [5.74, 6) is 2.65. The summed E-state index contributed by atoms with van der Waals surface area (Å²) < 4.78 is 0. The first-order valence-electron chi connectivity index (χ1n) is 7.05. The summed E-state index contributed by atoms with van der Waals surface area (Å²) in [5.41, 5.74) is 0.419. The monoisotopic (exact) mass is 224 g/mol. The first kappa shape index (κ1) is 12.4. The van der Waals surface area contributed by atoms with Crippen LogP contribution in [0.4, 0.5) is 0 Å². The minimum absolute atomic E-state index is 0.419. The van der Waals surface area contributed by atoms with Crippen LogP contribution < -0.4 is 10.6 Å². The molecule has 94 valence electrons. The van der Waals surface area contributed by atoms with Crippen LogP contribution in [0.25, 0.3) is 0 Å². The molecule has 2 nitrogen and oxygen atoms in total. The fraction of sp³-hybridized carbons (Fsp3) is 1.00. The predicted molar refractivity (Wildman–Crippen MR) is 69.6 cm³/mol. The maximum atomic E-state index is 3.79. The molecule has 2 unspecified atom stereocenters. The van der Waals surface area contributed by atoms with Gasteiger partial charge in [0.25, 0.3) is 0 Å². The standard InChI is InChI=1S/C14H28N2/c1-11-4-6-14(3,16-9-11)8-13-5-7-15-10-12(13)2/h11-13,15-16H,4-10H2,1-3H3/t11-,12+,13?,14?/m0/s1. The second kappa shape index (κ2) is 5.05. The summed E-state index contributed by atoms with van der Waals surface area (Å²) >= 11 is 0. The second-order valence-electron chi connectivity index (χ2n) is 6.52. The highest BCUT2D eigenvalue weighted by Gasteiger charge is 2.33. The summed E-state index contributed by atoms with van der Waals surface area (Å²) in [6.07, 6.45) is 5.52. The average Bonchev–Trinajstić information content (AvgIpc) is 2.27. The van der Waals surface area contributed by atoms with Gasteiger partial charge in [-0.25, -0.2) is 0 Å². The third-order valence-electron chi connectivity index (χ3n) is 4.74. The van der Waals surface area contributed by atoms with Gasteiger partial charge in [0.15, 0.2) is 0 Å². The van der Waals surface area contributed by atoms with Gasteiger partial charge < -0.3 is 10.6 Å². The lowest BCUT2D eigenvalue weighted by atomic mass is 9.74. The van der Waals surface area contributed by atoms with E-state index in [-0.39, 0.29) is 0 Å². The SMILES string of the molecule is C[C@H]1CCC(C)(CC2CCNC[C@H]2C)NC1. The van der Waals surface area contributed by atoms with Gasteiger partial charge >= 0.3 is 0 Å². The molecule has 0 spiro atoms. The summed E-state index contributed by atoms with van der Waals surface area (Å²) in [7, 11) is 0. The van der Waals surface area contributed by atoms with Gasteiger partial charge in [-0.15, -0.1) is 0 Å². The van der Waals surface area contributed by atoms with Crippen LogP contribution in [0.15, 0.2) is 0 Å². The summed E-state index contributed by atoms with van der Waals surface area (Å²) in [4.78, 5) is 0. The van der Waals surface area contributed by atoms with Gasteiger partial charge in [-0.2, -0.15) is 0 Å². The molecule has 16 heavy (non-hydrogen) atoms. The summed E-state index contributed by atoms with van der Waals surface area (Å²) in [6.45, 7) is 10.9. The second-order valence-corrected chi connectivity index (χ2v) is 6.52. The Labute approximate surface area is 101 Å². The molecule has 2 rings (SSSR count). The smallest absolute Gasteiger partial charge is 0.0156 e. The Hall–Kier alpha value is -0.0800.